The fourth-order valence-corrected chi connectivity index (χ4v) is 3.79. The average molecular weight is 355 g/mol. The van der Waals surface area contributed by atoms with Crippen LogP contribution < -0.4 is 0 Å². The lowest BCUT2D eigenvalue weighted by molar-refractivity contribution is -0.384. The standard InChI is InChI=1S/C15H19BrN2O3/c1-10-7-11(9-12(8-10)18(20)21)15(19)17(2)14-6-4-3-5-13(14)16/h7-9,13-14H,3-6H2,1-2H3. The molecular formula is C15H19BrN2O3. The van der Waals surface area contributed by atoms with Gasteiger partial charge >= 0.3 is 0 Å². The van der Waals surface area contributed by atoms with Gasteiger partial charge in [-0.25, -0.2) is 0 Å². The van der Waals surface area contributed by atoms with E-state index in [9.17, 15) is 14.9 Å². The van der Waals surface area contributed by atoms with Gasteiger partial charge in [-0.1, -0.05) is 28.8 Å². The van der Waals surface area contributed by atoms with Crippen molar-refractivity contribution >= 4 is 27.5 Å². The molecule has 0 aromatic heterocycles. The molecule has 0 radical (unpaired) electrons. The number of aryl methyl sites for hydroxylation is 1. The monoisotopic (exact) mass is 354 g/mol. The summed E-state index contributed by atoms with van der Waals surface area (Å²) >= 11 is 3.65. The number of carbonyl (C=O) groups excluding carboxylic acids is 1. The number of alkyl halides is 1. The lowest BCUT2D eigenvalue weighted by Crippen LogP contribution is -2.44. The highest BCUT2D eigenvalue weighted by Crippen LogP contribution is 2.29. The molecule has 2 atom stereocenters. The predicted octanol–water partition coefficient (Wildman–Crippen LogP) is 3.68. The molecule has 1 aliphatic rings. The van der Waals surface area contributed by atoms with Crippen LogP contribution >= 0.6 is 15.9 Å². The lowest BCUT2D eigenvalue weighted by atomic mass is 9.94. The SMILES string of the molecule is Cc1cc(C(=O)N(C)C2CCCCC2Br)cc([N+](=O)[O-])c1. The first-order valence-electron chi connectivity index (χ1n) is 7.07. The van der Waals surface area contributed by atoms with Gasteiger partial charge in [0.05, 0.1) is 4.92 Å². The van der Waals surface area contributed by atoms with Crippen LogP contribution in [0, 0.1) is 17.0 Å². The molecule has 0 saturated heterocycles. The zero-order valence-corrected chi connectivity index (χ0v) is 13.8. The molecule has 6 heteroatoms. The van der Waals surface area contributed by atoms with Gasteiger partial charge in [0.2, 0.25) is 0 Å². The minimum Gasteiger partial charge on any atom is -0.338 e. The van der Waals surface area contributed by atoms with E-state index in [2.05, 4.69) is 15.9 Å². The summed E-state index contributed by atoms with van der Waals surface area (Å²) in [7, 11) is 1.78. The van der Waals surface area contributed by atoms with Crippen LogP contribution in [0.5, 0.6) is 0 Å². The third kappa shape index (κ3) is 3.61. The largest absolute Gasteiger partial charge is 0.338 e. The van der Waals surface area contributed by atoms with Gasteiger partial charge in [0.1, 0.15) is 0 Å². The molecule has 1 saturated carbocycles. The van der Waals surface area contributed by atoms with Crippen molar-refractivity contribution in [1.82, 2.24) is 4.90 Å². The Bertz CT molecular complexity index is 562. The van der Waals surface area contributed by atoms with Crippen molar-refractivity contribution < 1.29 is 9.72 Å². The van der Waals surface area contributed by atoms with E-state index in [4.69, 9.17) is 0 Å². The van der Waals surface area contributed by atoms with Crippen molar-refractivity contribution in [1.29, 1.82) is 0 Å². The van der Waals surface area contributed by atoms with E-state index in [0.717, 1.165) is 24.8 Å². The summed E-state index contributed by atoms with van der Waals surface area (Å²) in [5.41, 5.74) is 1.07. The van der Waals surface area contributed by atoms with Gasteiger partial charge in [0.15, 0.2) is 0 Å². The smallest absolute Gasteiger partial charge is 0.270 e. The number of non-ortho nitro benzene ring substituents is 1. The second-order valence-electron chi connectivity index (χ2n) is 5.60. The van der Waals surface area contributed by atoms with E-state index >= 15 is 0 Å². The van der Waals surface area contributed by atoms with Gasteiger partial charge in [-0.15, -0.1) is 0 Å². The summed E-state index contributed by atoms with van der Waals surface area (Å²) in [6.45, 7) is 1.76. The zero-order valence-electron chi connectivity index (χ0n) is 12.2. The third-order valence-corrected chi connectivity index (χ3v) is 5.05. The summed E-state index contributed by atoms with van der Waals surface area (Å²) in [5, 5.41) is 10.9. The maximum Gasteiger partial charge on any atom is 0.270 e. The Morgan fingerprint density at radius 2 is 2.00 bits per heavy atom. The van der Waals surface area contributed by atoms with Crippen LogP contribution in [0.25, 0.3) is 0 Å². The van der Waals surface area contributed by atoms with Gasteiger partial charge in [-0.05, 0) is 31.4 Å². The van der Waals surface area contributed by atoms with Crippen molar-refractivity contribution in [2.75, 3.05) is 7.05 Å². The highest BCUT2D eigenvalue weighted by Gasteiger charge is 2.30. The highest BCUT2D eigenvalue weighted by atomic mass is 79.9. The lowest BCUT2D eigenvalue weighted by Gasteiger charge is -2.35. The molecular weight excluding hydrogens is 336 g/mol. The highest BCUT2D eigenvalue weighted by molar-refractivity contribution is 9.09. The number of halogens is 1. The summed E-state index contributed by atoms with van der Waals surface area (Å²) in [5.74, 6) is -0.154. The first-order chi connectivity index (χ1) is 9.90. The van der Waals surface area contributed by atoms with E-state index < -0.39 is 4.92 Å². The molecule has 1 aromatic rings. The Hall–Kier alpha value is -1.43. The molecule has 1 aliphatic carbocycles. The Kier molecular flexibility index (Phi) is 4.98. The summed E-state index contributed by atoms with van der Waals surface area (Å²) in [6.07, 6.45) is 4.30. The molecule has 114 valence electrons. The number of benzene rings is 1. The second kappa shape index (κ2) is 6.56. The fourth-order valence-electron chi connectivity index (χ4n) is 2.85. The van der Waals surface area contributed by atoms with Gasteiger partial charge in [-0.3, -0.25) is 14.9 Å². The molecule has 21 heavy (non-hydrogen) atoms. The number of nitro benzene ring substituents is 1. The number of nitro groups is 1. The van der Waals surface area contributed by atoms with E-state index in [0.29, 0.717) is 10.4 Å². The molecule has 5 nitrogen and oxygen atoms in total. The second-order valence-corrected chi connectivity index (χ2v) is 6.77. The number of hydrogen-bond acceptors (Lipinski definition) is 3. The summed E-state index contributed by atoms with van der Waals surface area (Å²) in [6, 6.07) is 4.69. The Balaban J connectivity index is 2.24. The van der Waals surface area contributed by atoms with Crippen LogP contribution in [0.1, 0.15) is 41.6 Å². The van der Waals surface area contributed by atoms with E-state index in [-0.39, 0.29) is 17.6 Å². The normalized spacial score (nSPS) is 21.9. The van der Waals surface area contributed by atoms with E-state index in [1.165, 1.54) is 18.6 Å². The number of carbonyl (C=O) groups is 1. The molecule has 2 rings (SSSR count). The Morgan fingerprint density at radius 3 is 2.62 bits per heavy atom. The molecule has 0 bridgehead atoms. The maximum absolute atomic E-state index is 12.6. The summed E-state index contributed by atoms with van der Waals surface area (Å²) in [4.78, 5) is 25.1. The first-order valence-corrected chi connectivity index (χ1v) is 7.99. The minimum absolute atomic E-state index is 0.0363. The molecule has 0 spiro atoms. The van der Waals surface area contributed by atoms with Crippen LogP contribution in [0.15, 0.2) is 18.2 Å². The molecule has 0 aliphatic heterocycles. The number of amides is 1. The first kappa shape index (κ1) is 15.9. The minimum atomic E-state index is -0.461. The van der Waals surface area contributed by atoms with Gasteiger partial charge in [0, 0.05) is 35.6 Å². The number of rotatable bonds is 3. The van der Waals surface area contributed by atoms with Crippen molar-refractivity contribution in [3.05, 3.63) is 39.4 Å². The van der Waals surface area contributed by atoms with Crippen LogP contribution in [-0.2, 0) is 0 Å². The van der Waals surface area contributed by atoms with Crippen molar-refractivity contribution in [3.63, 3.8) is 0 Å². The molecule has 1 fully saturated rings. The summed E-state index contributed by atoms with van der Waals surface area (Å²) < 4.78 is 0. The number of hydrogen-bond donors (Lipinski definition) is 0. The van der Waals surface area contributed by atoms with E-state index in [1.807, 2.05) is 0 Å². The topological polar surface area (TPSA) is 63.5 Å². The van der Waals surface area contributed by atoms with Crippen molar-refractivity contribution in [3.8, 4) is 0 Å². The van der Waals surface area contributed by atoms with Crippen LogP contribution in [0.3, 0.4) is 0 Å². The Morgan fingerprint density at radius 1 is 1.33 bits per heavy atom. The van der Waals surface area contributed by atoms with E-state index in [1.54, 1.807) is 24.9 Å². The average Bonchev–Trinajstić information content (AvgIpc) is 2.45. The predicted molar refractivity (Wildman–Crippen MR) is 84.9 cm³/mol. The molecule has 2 unspecified atom stereocenters. The van der Waals surface area contributed by atoms with Gasteiger partial charge in [0.25, 0.3) is 11.6 Å². The molecule has 1 amide bonds. The van der Waals surface area contributed by atoms with Crippen LogP contribution in [-0.4, -0.2) is 33.6 Å². The third-order valence-electron chi connectivity index (χ3n) is 3.98. The Labute approximate surface area is 132 Å². The molecule has 1 aromatic carbocycles. The van der Waals surface area contributed by atoms with Crippen LogP contribution in [0.4, 0.5) is 5.69 Å². The maximum atomic E-state index is 12.6. The van der Waals surface area contributed by atoms with Gasteiger partial charge < -0.3 is 4.90 Å². The van der Waals surface area contributed by atoms with Crippen molar-refractivity contribution in [2.45, 2.75) is 43.5 Å². The quantitative estimate of drug-likeness (QED) is 0.472. The molecule has 0 N–H and O–H groups in total. The van der Waals surface area contributed by atoms with Crippen molar-refractivity contribution in [2.24, 2.45) is 0 Å². The van der Waals surface area contributed by atoms with Gasteiger partial charge in [-0.2, -0.15) is 0 Å². The molecule has 0 heterocycles. The van der Waals surface area contributed by atoms with Crippen LogP contribution in [0.2, 0.25) is 0 Å². The fraction of sp³-hybridized carbons (Fsp3) is 0.533. The zero-order chi connectivity index (χ0) is 15.6. The number of nitrogens with zero attached hydrogens (tertiary/aromatic N) is 2.